The molecule has 0 saturated carbocycles. The van der Waals surface area contributed by atoms with E-state index in [0.29, 0.717) is 11.0 Å². The molecule has 0 aliphatic carbocycles. The second-order valence-corrected chi connectivity index (χ2v) is 4.55. The maximum Gasteiger partial charge on any atom is 0.196 e. The highest BCUT2D eigenvalue weighted by atomic mass is 32.2. The molecule has 0 atom stereocenters. The number of rotatable bonds is 5. The van der Waals surface area contributed by atoms with Crippen LogP contribution in [0.5, 0.6) is 0 Å². The molecule has 4 N–H and O–H groups in total. The van der Waals surface area contributed by atoms with E-state index in [9.17, 15) is 0 Å². The molecule has 7 heteroatoms. The second-order valence-electron chi connectivity index (χ2n) is 3.57. The molecule has 0 unspecified atom stereocenters. The molecule has 0 radical (unpaired) electrons. The van der Waals surface area contributed by atoms with E-state index in [1.807, 2.05) is 34.9 Å². The zero-order chi connectivity index (χ0) is 13.0. The number of aromatic nitrogens is 3. The van der Waals surface area contributed by atoms with Gasteiger partial charge in [-0.15, -0.1) is 10.2 Å². The third kappa shape index (κ3) is 2.88. The van der Waals surface area contributed by atoms with Gasteiger partial charge in [0.25, 0.3) is 0 Å². The molecule has 0 bridgehead atoms. The summed E-state index contributed by atoms with van der Waals surface area (Å²) in [5.41, 5.74) is 6.53. The van der Waals surface area contributed by atoms with Crippen LogP contribution in [0, 0.1) is 0 Å². The summed E-state index contributed by atoms with van der Waals surface area (Å²) in [4.78, 5) is 0. The van der Waals surface area contributed by atoms with Gasteiger partial charge in [-0.3, -0.25) is 4.57 Å². The summed E-state index contributed by atoms with van der Waals surface area (Å²) < 4.78 is 1.81. The van der Waals surface area contributed by atoms with Gasteiger partial charge in [0.1, 0.15) is 0 Å². The molecule has 1 aromatic carbocycles. The van der Waals surface area contributed by atoms with Gasteiger partial charge in [0.2, 0.25) is 0 Å². The predicted molar refractivity (Wildman–Crippen MR) is 68.2 cm³/mol. The Kier molecular flexibility index (Phi) is 4.32. The minimum absolute atomic E-state index is 0.134. The van der Waals surface area contributed by atoms with Crippen LogP contribution in [0.3, 0.4) is 0 Å². The van der Waals surface area contributed by atoms with E-state index in [2.05, 4.69) is 10.2 Å². The van der Waals surface area contributed by atoms with Gasteiger partial charge in [0, 0.05) is 5.69 Å². The third-order valence-corrected chi connectivity index (χ3v) is 3.25. The van der Waals surface area contributed by atoms with Crippen molar-refractivity contribution in [2.45, 2.75) is 18.0 Å². The van der Waals surface area contributed by atoms with Crippen LogP contribution < -0.4 is 5.73 Å². The Bertz CT molecular complexity index is 501. The highest BCUT2D eigenvalue weighted by Crippen LogP contribution is 2.22. The number of thioether (sulfide) groups is 1. The van der Waals surface area contributed by atoms with Crippen molar-refractivity contribution in [2.24, 2.45) is 5.73 Å². The summed E-state index contributed by atoms with van der Waals surface area (Å²) in [6.07, 6.45) is -1.38. The predicted octanol–water partition coefficient (Wildman–Crippen LogP) is 0.129. The van der Waals surface area contributed by atoms with Crippen LogP contribution in [0.1, 0.15) is 5.82 Å². The number of para-hydroxylation sites is 1. The molecule has 2 rings (SSSR count). The van der Waals surface area contributed by atoms with Gasteiger partial charge in [-0.25, -0.2) is 0 Å². The summed E-state index contributed by atoms with van der Waals surface area (Å²) in [6, 6.07) is 9.57. The Labute approximate surface area is 108 Å². The van der Waals surface area contributed by atoms with Crippen LogP contribution in [-0.4, -0.2) is 37.0 Å². The second kappa shape index (κ2) is 5.96. The fourth-order valence-corrected chi connectivity index (χ4v) is 2.25. The largest absolute Gasteiger partial charge is 0.367 e. The molecule has 96 valence electrons. The zero-order valence-electron chi connectivity index (χ0n) is 9.60. The third-order valence-electron chi connectivity index (χ3n) is 2.26. The molecule has 0 spiro atoms. The quantitative estimate of drug-likeness (QED) is 0.525. The van der Waals surface area contributed by atoms with E-state index in [1.54, 1.807) is 0 Å². The van der Waals surface area contributed by atoms with Crippen molar-refractivity contribution in [1.82, 2.24) is 14.8 Å². The van der Waals surface area contributed by atoms with Gasteiger partial charge in [0.15, 0.2) is 17.3 Å². The van der Waals surface area contributed by atoms with Crippen LogP contribution in [0.25, 0.3) is 5.69 Å². The number of aliphatic hydroxyl groups is 2. The molecule has 18 heavy (non-hydrogen) atoms. The lowest BCUT2D eigenvalue weighted by molar-refractivity contribution is -0.0186. The van der Waals surface area contributed by atoms with Crippen LogP contribution >= 0.6 is 11.8 Å². The van der Waals surface area contributed by atoms with Gasteiger partial charge >= 0.3 is 0 Å². The Balaban J connectivity index is 2.34. The first-order chi connectivity index (χ1) is 8.72. The van der Waals surface area contributed by atoms with Crippen molar-refractivity contribution in [3.63, 3.8) is 0 Å². The van der Waals surface area contributed by atoms with Crippen molar-refractivity contribution in [3.8, 4) is 5.69 Å². The first kappa shape index (κ1) is 13.0. The summed E-state index contributed by atoms with van der Waals surface area (Å²) in [7, 11) is 0. The molecular weight excluding hydrogens is 252 g/mol. The average molecular weight is 266 g/mol. The van der Waals surface area contributed by atoms with Crippen LogP contribution in [0.2, 0.25) is 0 Å². The van der Waals surface area contributed by atoms with E-state index in [-0.39, 0.29) is 12.3 Å². The number of nitrogens with two attached hydrogens (primary N) is 1. The van der Waals surface area contributed by atoms with E-state index in [0.717, 1.165) is 5.69 Å². The maximum atomic E-state index is 8.89. The minimum atomic E-state index is -1.38. The van der Waals surface area contributed by atoms with Crippen molar-refractivity contribution in [2.75, 3.05) is 5.75 Å². The zero-order valence-corrected chi connectivity index (χ0v) is 10.4. The average Bonchev–Trinajstić information content (AvgIpc) is 2.80. The van der Waals surface area contributed by atoms with E-state index in [1.165, 1.54) is 11.8 Å². The van der Waals surface area contributed by atoms with Crippen LogP contribution in [0.4, 0.5) is 0 Å². The minimum Gasteiger partial charge on any atom is -0.367 e. The first-order valence-electron chi connectivity index (χ1n) is 5.41. The molecule has 0 fully saturated rings. The van der Waals surface area contributed by atoms with Crippen molar-refractivity contribution >= 4 is 11.8 Å². The van der Waals surface area contributed by atoms with Crippen molar-refractivity contribution in [3.05, 3.63) is 36.2 Å². The Morgan fingerprint density at radius 2 is 1.94 bits per heavy atom. The summed E-state index contributed by atoms with van der Waals surface area (Å²) >= 11 is 1.22. The Morgan fingerprint density at radius 1 is 1.22 bits per heavy atom. The Hall–Kier alpha value is -1.41. The summed E-state index contributed by atoms with van der Waals surface area (Å²) in [5, 5.41) is 26.4. The standard InChI is InChI=1S/C11H14N4O2S/c12-6-9-13-14-11(18-7-10(16)17)15(9)8-4-2-1-3-5-8/h1-5,10,16-17H,6-7,12H2. The SMILES string of the molecule is NCc1nnc(SCC(O)O)n1-c1ccccc1. The molecule has 0 amide bonds. The number of benzene rings is 1. The molecule has 0 aliphatic heterocycles. The fourth-order valence-electron chi connectivity index (χ4n) is 1.51. The van der Waals surface area contributed by atoms with Gasteiger partial charge in [-0.05, 0) is 12.1 Å². The molecule has 0 saturated heterocycles. The smallest absolute Gasteiger partial charge is 0.196 e. The van der Waals surface area contributed by atoms with Gasteiger partial charge in [-0.2, -0.15) is 0 Å². The molecule has 2 aromatic rings. The van der Waals surface area contributed by atoms with Crippen LogP contribution in [0.15, 0.2) is 35.5 Å². The van der Waals surface area contributed by atoms with Crippen molar-refractivity contribution < 1.29 is 10.2 Å². The maximum absolute atomic E-state index is 8.89. The lowest BCUT2D eigenvalue weighted by atomic mass is 10.3. The topological polar surface area (TPSA) is 97.2 Å². The summed E-state index contributed by atoms with van der Waals surface area (Å²) in [6.45, 7) is 0.268. The first-order valence-corrected chi connectivity index (χ1v) is 6.39. The molecule has 1 heterocycles. The number of nitrogens with zero attached hydrogens (tertiary/aromatic N) is 3. The van der Waals surface area contributed by atoms with Gasteiger partial charge in [0.05, 0.1) is 12.3 Å². The normalized spacial score (nSPS) is 11.1. The fraction of sp³-hybridized carbons (Fsp3) is 0.273. The van der Waals surface area contributed by atoms with Crippen molar-refractivity contribution in [1.29, 1.82) is 0 Å². The van der Waals surface area contributed by atoms with Gasteiger partial charge in [-0.1, -0.05) is 30.0 Å². The Morgan fingerprint density at radius 3 is 2.56 bits per heavy atom. The van der Waals surface area contributed by atoms with Crippen LogP contribution in [-0.2, 0) is 6.54 Å². The molecule has 1 aromatic heterocycles. The van der Waals surface area contributed by atoms with Gasteiger partial charge < -0.3 is 15.9 Å². The highest BCUT2D eigenvalue weighted by Gasteiger charge is 2.13. The molecular formula is C11H14N4O2S. The highest BCUT2D eigenvalue weighted by molar-refractivity contribution is 7.99. The number of hydrogen-bond donors (Lipinski definition) is 3. The van der Waals surface area contributed by atoms with E-state index >= 15 is 0 Å². The summed E-state index contributed by atoms with van der Waals surface area (Å²) in [5.74, 6) is 0.770. The lowest BCUT2D eigenvalue weighted by Gasteiger charge is -2.09. The number of aliphatic hydroxyl groups excluding tert-OH is 1. The van der Waals surface area contributed by atoms with E-state index < -0.39 is 6.29 Å². The monoisotopic (exact) mass is 266 g/mol. The lowest BCUT2D eigenvalue weighted by Crippen LogP contribution is -2.10. The molecule has 0 aliphatic rings. The van der Waals surface area contributed by atoms with E-state index in [4.69, 9.17) is 15.9 Å². The number of hydrogen-bond acceptors (Lipinski definition) is 6. The molecule has 6 nitrogen and oxygen atoms in total.